The second-order valence-electron chi connectivity index (χ2n) is 3.73. The first-order valence-corrected chi connectivity index (χ1v) is 5.88. The number of hydrogen-bond acceptors (Lipinski definition) is 5. The van der Waals surface area contributed by atoms with Crippen LogP contribution in [0.1, 0.15) is 0 Å². The Kier molecular flexibility index (Phi) is 3.71. The van der Waals surface area contributed by atoms with E-state index in [1.54, 1.807) is 12.1 Å². The van der Waals surface area contributed by atoms with Gasteiger partial charge in [-0.2, -0.15) is 4.57 Å². The fourth-order valence-electron chi connectivity index (χ4n) is 1.72. The number of halogens is 1. The van der Waals surface area contributed by atoms with Gasteiger partial charge < -0.3 is 19.6 Å². The molecule has 2 N–H and O–H groups in total. The number of methoxy groups -OCH3 is 1. The second kappa shape index (κ2) is 5.30. The van der Waals surface area contributed by atoms with E-state index in [-0.39, 0.29) is 16.3 Å². The smallest absolute Gasteiger partial charge is 0.430 e. The Morgan fingerprint density at radius 2 is 2.20 bits per heavy atom. The zero-order valence-corrected chi connectivity index (χ0v) is 11.4. The molecule has 0 radical (unpaired) electrons. The maximum absolute atomic E-state index is 11.6. The third-order valence-corrected chi connectivity index (χ3v) is 2.94. The number of aromatic hydroxyl groups is 1. The lowest BCUT2D eigenvalue weighted by Gasteiger charge is -2.07. The number of amides is 1. The average Bonchev–Trinajstić information content (AvgIpc) is 2.72. The number of oxazole rings is 1. The predicted octanol–water partition coefficient (Wildman–Crippen LogP) is 1.66. The molecule has 0 saturated carbocycles. The van der Waals surface area contributed by atoms with E-state index in [0.717, 1.165) is 0 Å². The lowest BCUT2D eigenvalue weighted by atomic mass is 10.1. The van der Waals surface area contributed by atoms with Crippen molar-refractivity contribution in [2.24, 2.45) is 0 Å². The Morgan fingerprint density at radius 3 is 2.80 bits per heavy atom. The first kappa shape index (κ1) is 14.0. The van der Waals surface area contributed by atoms with Crippen LogP contribution in [-0.4, -0.2) is 29.9 Å². The summed E-state index contributed by atoms with van der Waals surface area (Å²) in [4.78, 5) is 23.1. The fourth-order valence-corrected chi connectivity index (χ4v) is 1.97. The lowest BCUT2D eigenvalue weighted by Crippen LogP contribution is -2.31. The molecule has 1 amide bonds. The highest BCUT2D eigenvalue weighted by Gasteiger charge is 2.25. The molecule has 0 spiro atoms. The topological polar surface area (TPSA) is 93.7 Å². The van der Waals surface area contributed by atoms with Gasteiger partial charge in [-0.3, -0.25) is 0 Å². The minimum atomic E-state index is -1.03. The van der Waals surface area contributed by atoms with Crippen LogP contribution in [0.25, 0.3) is 11.3 Å². The van der Waals surface area contributed by atoms with Crippen molar-refractivity contribution in [3.05, 3.63) is 33.8 Å². The Bertz CT molecular complexity index is 719. The van der Waals surface area contributed by atoms with E-state index in [9.17, 15) is 14.7 Å². The quantitative estimate of drug-likeness (QED) is 0.879. The highest BCUT2D eigenvalue weighted by atomic mass is 35.5. The van der Waals surface area contributed by atoms with Crippen molar-refractivity contribution in [2.75, 3.05) is 14.2 Å². The van der Waals surface area contributed by atoms with Crippen molar-refractivity contribution < 1.29 is 19.1 Å². The normalized spacial score (nSPS) is 10.3. The summed E-state index contributed by atoms with van der Waals surface area (Å²) in [6.45, 7) is 0. The molecule has 0 aliphatic heterocycles. The Morgan fingerprint density at radius 1 is 1.50 bits per heavy atom. The fraction of sp³-hybridized carbons (Fsp3) is 0.167. The third-order valence-electron chi connectivity index (χ3n) is 2.63. The summed E-state index contributed by atoms with van der Waals surface area (Å²) in [7, 11) is 2.72. The van der Waals surface area contributed by atoms with Crippen LogP contribution in [0.4, 0.5) is 4.79 Å². The van der Waals surface area contributed by atoms with Crippen LogP contribution < -0.4 is 15.8 Å². The van der Waals surface area contributed by atoms with Gasteiger partial charge in [0.2, 0.25) is 11.6 Å². The number of nitrogens with zero attached hydrogens (tertiary/aromatic N) is 1. The molecule has 1 aromatic carbocycles. The number of rotatable bonds is 2. The van der Waals surface area contributed by atoms with Crippen molar-refractivity contribution in [3.8, 4) is 23.0 Å². The van der Waals surface area contributed by atoms with Crippen LogP contribution in [0.2, 0.25) is 5.02 Å². The SMILES string of the molecule is CNC(=O)n1c(O)c(-c2c(Cl)cccc2OC)oc1=O. The monoisotopic (exact) mass is 298 g/mol. The Hall–Kier alpha value is -2.41. The molecule has 2 rings (SSSR count). The molecule has 106 valence electrons. The zero-order chi connectivity index (χ0) is 14.9. The van der Waals surface area contributed by atoms with Crippen LogP contribution in [0.15, 0.2) is 27.4 Å². The number of benzene rings is 1. The number of ether oxygens (including phenoxy) is 1. The van der Waals surface area contributed by atoms with Gasteiger partial charge in [0.05, 0.1) is 17.7 Å². The van der Waals surface area contributed by atoms with Crippen LogP contribution in [0.5, 0.6) is 11.6 Å². The van der Waals surface area contributed by atoms with Crippen molar-refractivity contribution in [1.29, 1.82) is 0 Å². The van der Waals surface area contributed by atoms with E-state index < -0.39 is 17.7 Å². The van der Waals surface area contributed by atoms with Gasteiger partial charge in [-0.05, 0) is 12.1 Å². The predicted molar refractivity (Wildman–Crippen MR) is 71.5 cm³/mol. The number of nitrogens with one attached hydrogen (secondary N) is 1. The minimum absolute atomic E-state index is 0.189. The molecule has 8 heteroatoms. The maximum atomic E-state index is 11.6. The summed E-state index contributed by atoms with van der Waals surface area (Å²) in [5, 5.41) is 12.4. The lowest BCUT2D eigenvalue weighted by molar-refractivity contribution is 0.239. The van der Waals surface area contributed by atoms with E-state index >= 15 is 0 Å². The van der Waals surface area contributed by atoms with E-state index in [1.807, 2.05) is 0 Å². The molecule has 1 aromatic heterocycles. The Balaban J connectivity index is 2.73. The van der Waals surface area contributed by atoms with E-state index in [2.05, 4.69) is 5.32 Å². The molecule has 0 unspecified atom stereocenters. The van der Waals surface area contributed by atoms with E-state index in [4.69, 9.17) is 20.8 Å². The summed E-state index contributed by atoms with van der Waals surface area (Å²) in [5.41, 5.74) is 0.189. The van der Waals surface area contributed by atoms with Gasteiger partial charge in [0.25, 0.3) is 0 Å². The summed E-state index contributed by atoms with van der Waals surface area (Å²) >= 11 is 6.03. The molecule has 0 atom stereocenters. The summed E-state index contributed by atoms with van der Waals surface area (Å²) in [6.07, 6.45) is 0. The van der Waals surface area contributed by atoms with E-state index in [0.29, 0.717) is 10.3 Å². The summed E-state index contributed by atoms with van der Waals surface area (Å²) < 4.78 is 10.5. The maximum Gasteiger partial charge on any atom is 0.430 e. The standard InChI is InChI=1S/C12H11ClN2O5/c1-14-11(17)15-10(16)9(20-12(15)18)8-6(13)4-3-5-7(8)19-2/h3-5,16H,1-2H3,(H,14,17). The van der Waals surface area contributed by atoms with Gasteiger partial charge in [0.15, 0.2) is 0 Å². The highest BCUT2D eigenvalue weighted by molar-refractivity contribution is 6.33. The highest BCUT2D eigenvalue weighted by Crippen LogP contribution is 2.40. The van der Waals surface area contributed by atoms with Crippen LogP contribution in [-0.2, 0) is 0 Å². The van der Waals surface area contributed by atoms with Crippen molar-refractivity contribution in [3.63, 3.8) is 0 Å². The first-order chi connectivity index (χ1) is 9.51. The molecule has 0 aliphatic rings. The van der Waals surface area contributed by atoms with Crippen molar-refractivity contribution in [1.82, 2.24) is 9.88 Å². The molecule has 0 aliphatic carbocycles. The molecule has 20 heavy (non-hydrogen) atoms. The van der Waals surface area contributed by atoms with Crippen LogP contribution in [0.3, 0.4) is 0 Å². The summed E-state index contributed by atoms with van der Waals surface area (Å²) in [6, 6.07) is 3.93. The van der Waals surface area contributed by atoms with Gasteiger partial charge in [0, 0.05) is 7.05 Å². The Labute approximate surface area is 118 Å². The number of hydrogen-bond donors (Lipinski definition) is 2. The molecule has 0 bridgehead atoms. The molecule has 0 saturated heterocycles. The molecular formula is C12H11ClN2O5. The summed E-state index contributed by atoms with van der Waals surface area (Å²) in [5.74, 6) is -1.62. The molecular weight excluding hydrogens is 288 g/mol. The van der Waals surface area contributed by atoms with Gasteiger partial charge >= 0.3 is 11.8 Å². The van der Waals surface area contributed by atoms with E-state index in [1.165, 1.54) is 20.2 Å². The first-order valence-electron chi connectivity index (χ1n) is 5.51. The molecule has 7 nitrogen and oxygen atoms in total. The minimum Gasteiger partial charge on any atom is -0.496 e. The number of carbonyl (C=O) groups is 1. The van der Waals surface area contributed by atoms with Gasteiger partial charge in [-0.1, -0.05) is 17.7 Å². The van der Waals surface area contributed by atoms with Crippen LogP contribution in [0, 0.1) is 0 Å². The average molecular weight is 299 g/mol. The molecule has 1 heterocycles. The number of carbonyl (C=O) groups excluding carboxylic acids is 1. The third kappa shape index (κ3) is 2.12. The van der Waals surface area contributed by atoms with Crippen molar-refractivity contribution in [2.45, 2.75) is 0 Å². The van der Waals surface area contributed by atoms with Gasteiger partial charge in [-0.15, -0.1) is 0 Å². The molecule has 0 fully saturated rings. The number of aromatic nitrogens is 1. The second-order valence-corrected chi connectivity index (χ2v) is 4.14. The van der Waals surface area contributed by atoms with Crippen molar-refractivity contribution >= 4 is 17.6 Å². The van der Waals surface area contributed by atoms with Crippen LogP contribution >= 0.6 is 11.6 Å². The van der Waals surface area contributed by atoms with Gasteiger partial charge in [-0.25, -0.2) is 9.59 Å². The zero-order valence-electron chi connectivity index (χ0n) is 10.6. The van der Waals surface area contributed by atoms with Gasteiger partial charge in [0.1, 0.15) is 5.75 Å². The molecule has 2 aromatic rings. The largest absolute Gasteiger partial charge is 0.496 e.